The zero-order valence-electron chi connectivity index (χ0n) is 12.2. The van der Waals surface area contributed by atoms with Crippen LogP contribution in [0.5, 0.6) is 0 Å². The van der Waals surface area contributed by atoms with Crippen LogP contribution in [0.3, 0.4) is 0 Å². The van der Waals surface area contributed by atoms with E-state index < -0.39 is 5.54 Å². The minimum atomic E-state index is -0.742. The van der Waals surface area contributed by atoms with E-state index in [1.165, 1.54) is 17.8 Å². The monoisotopic (exact) mass is 298 g/mol. The first-order valence-corrected chi connectivity index (χ1v) is 7.61. The first-order valence-electron chi connectivity index (χ1n) is 6.63. The number of primary amides is 1. The maximum Gasteiger partial charge on any atom is 0.251 e. The lowest BCUT2D eigenvalue weighted by Crippen LogP contribution is -2.51. The van der Waals surface area contributed by atoms with Crippen LogP contribution in [0.25, 0.3) is 0 Å². The molecule has 1 aromatic rings. The predicted molar refractivity (Wildman–Crippen MR) is 80.9 cm³/mol. The van der Waals surface area contributed by atoms with Gasteiger partial charge in [-0.15, -0.1) is 0 Å². The van der Waals surface area contributed by atoms with Crippen molar-refractivity contribution in [2.45, 2.75) is 43.8 Å². The highest BCUT2D eigenvalue weighted by Gasteiger charge is 2.28. The molecule has 0 aliphatic heterocycles. The van der Waals surface area contributed by atoms with E-state index >= 15 is 0 Å². The smallest absolute Gasteiger partial charge is 0.251 e. The van der Waals surface area contributed by atoms with E-state index in [1.54, 1.807) is 14.0 Å². The van der Waals surface area contributed by atoms with Crippen molar-refractivity contribution in [1.29, 1.82) is 0 Å². The Balaban J connectivity index is 2.66. The summed E-state index contributed by atoms with van der Waals surface area (Å²) in [5.41, 5.74) is 5.28. The number of carbonyl (C=O) groups excluding carboxylic acids is 1. The highest BCUT2D eigenvalue weighted by Crippen LogP contribution is 2.18. The summed E-state index contributed by atoms with van der Waals surface area (Å²) < 4.78 is 0. The van der Waals surface area contributed by atoms with Gasteiger partial charge in [0.05, 0.1) is 5.54 Å². The first-order chi connectivity index (χ1) is 9.41. The van der Waals surface area contributed by atoms with Crippen LogP contribution in [-0.2, 0) is 11.2 Å². The van der Waals surface area contributed by atoms with Crippen LogP contribution >= 0.6 is 11.8 Å². The van der Waals surface area contributed by atoms with Crippen LogP contribution in [-0.4, -0.2) is 34.2 Å². The number of amides is 1. The van der Waals surface area contributed by atoms with Crippen LogP contribution in [0.15, 0.2) is 16.0 Å². The third-order valence-corrected chi connectivity index (χ3v) is 4.09. The van der Waals surface area contributed by atoms with Gasteiger partial charge in [-0.1, -0.05) is 25.1 Å². The van der Waals surface area contributed by atoms with E-state index in [1.807, 2.05) is 6.92 Å². The van der Waals surface area contributed by atoms with Gasteiger partial charge < -0.3 is 16.0 Å². The number of aromatic amines is 1. The van der Waals surface area contributed by atoms with Gasteiger partial charge in [-0.25, -0.2) is 4.98 Å². The second-order valence-corrected chi connectivity index (χ2v) is 5.92. The van der Waals surface area contributed by atoms with E-state index in [4.69, 9.17) is 5.73 Å². The van der Waals surface area contributed by atoms with Crippen LogP contribution in [0.2, 0.25) is 0 Å². The number of nitrogens with one attached hydrogen (secondary N) is 2. The Kier molecular flexibility index (Phi) is 6.22. The molecule has 0 radical (unpaired) electrons. The fourth-order valence-electron chi connectivity index (χ4n) is 1.66. The lowest BCUT2D eigenvalue weighted by Gasteiger charge is -2.24. The highest BCUT2D eigenvalue weighted by molar-refractivity contribution is 7.99. The number of nitrogens with zero attached hydrogens (tertiary/aromatic N) is 1. The molecule has 0 aromatic carbocycles. The molecule has 0 spiro atoms. The van der Waals surface area contributed by atoms with Gasteiger partial charge in [0.2, 0.25) is 5.91 Å². The Morgan fingerprint density at radius 3 is 2.85 bits per heavy atom. The van der Waals surface area contributed by atoms with Crippen molar-refractivity contribution in [3.8, 4) is 0 Å². The Hall–Kier alpha value is -1.34. The Morgan fingerprint density at radius 2 is 2.30 bits per heavy atom. The number of carbonyl (C=O) groups is 1. The molecule has 4 N–H and O–H groups in total. The van der Waals surface area contributed by atoms with Crippen molar-refractivity contribution < 1.29 is 4.79 Å². The summed E-state index contributed by atoms with van der Waals surface area (Å²) in [5, 5.41) is 3.51. The molecule has 1 atom stereocenters. The van der Waals surface area contributed by atoms with Gasteiger partial charge in [-0.05, 0) is 26.8 Å². The molecule has 1 unspecified atom stereocenters. The number of likely N-dealkylation sites (N-methyl/N-ethyl adjacent to an activating group) is 1. The summed E-state index contributed by atoms with van der Waals surface area (Å²) in [7, 11) is 1.71. The van der Waals surface area contributed by atoms with Crippen LogP contribution in [0.1, 0.15) is 32.4 Å². The highest BCUT2D eigenvalue weighted by atomic mass is 32.2. The predicted octanol–water partition coefficient (Wildman–Crippen LogP) is 0.668. The van der Waals surface area contributed by atoms with Crippen molar-refractivity contribution in [2.75, 3.05) is 12.8 Å². The Morgan fingerprint density at radius 1 is 1.60 bits per heavy atom. The molecule has 0 aliphatic carbocycles. The quantitative estimate of drug-likeness (QED) is 0.484. The molecule has 1 rings (SSSR count). The van der Waals surface area contributed by atoms with E-state index in [9.17, 15) is 9.59 Å². The lowest BCUT2D eigenvalue weighted by atomic mass is 9.99. The Labute approximate surface area is 122 Å². The summed E-state index contributed by atoms with van der Waals surface area (Å²) in [5.74, 6) is 0.250. The first kappa shape index (κ1) is 16.7. The van der Waals surface area contributed by atoms with Gasteiger partial charge in [0, 0.05) is 17.5 Å². The standard InChI is InChI=1S/C13H22N4O2S/c1-4-5-9-8-10(18)17-12(16-9)20-7-6-13(2,15-3)11(14)19/h8,15H,4-7H2,1-3H3,(H2,14,19)(H,16,17,18). The number of nitrogens with two attached hydrogens (primary N) is 1. The summed E-state index contributed by atoms with van der Waals surface area (Å²) in [6.45, 7) is 3.81. The zero-order valence-corrected chi connectivity index (χ0v) is 13.0. The number of H-pyrrole nitrogens is 1. The van der Waals surface area contributed by atoms with Crippen molar-refractivity contribution in [2.24, 2.45) is 5.73 Å². The summed E-state index contributed by atoms with van der Waals surface area (Å²) in [6.07, 6.45) is 2.29. The van der Waals surface area contributed by atoms with Crippen molar-refractivity contribution in [3.63, 3.8) is 0 Å². The molecule has 6 nitrogen and oxygen atoms in total. The molecular formula is C13H22N4O2S. The van der Waals surface area contributed by atoms with Gasteiger partial charge in [0.25, 0.3) is 5.56 Å². The number of hydrogen-bond donors (Lipinski definition) is 3. The molecule has 7 heteroatoms. The van der Waals surface area contributed by atoms with Crippen molar-refractivity contribution >= 4 is 17.7 Å². The van der Waals surface area contributed by atoms with Gasteiger partial charge in [0.1, 0.15) is 0 Å². The topological polar surface area (TPSA) is 101 Å². The molecule has 0 aliphatic rings. The molecule has 0 saturated heterocycles. The molecular weight excluding hydrogens is 276 g/mol. The molecule has 112 valence electrons. The van der Waals surface area contributed by atoms with Crippen molar-refractivity contribution in [3.05, 3.63) is 22.1 Å². The Bertz CT molecular complexity index is 517. The van der Waals surface area contributed by atoms with Crippen LogP contribution in [0, 0.1) is 0 Å². The molecule has 0 saturated carbocycles. The maximum absolute atomic E-state index is 11.5. The van der Waals surface area contributed by atoms with E-state index in [0.717, 1.165) is 18.5 Å². The molecule has 0 bridgehead atoms. The number of thioether (sulfide) groups is 1. The normalized spacial score (nSPS) is 13.9. The molecule has 1 aromatic heterocycles. The van der Waals surface area contributed by atoms with E-state index in [-0.39, 0.29) is 11.5 Å². The molecule has 1 amide bonds. The average molecular weight is 298 g/mol. The van der Waals surface area contributed by atoms with E-state index in [2.05, 4.69) is 15.3 Å². The fourth-order valence-corrected chi connectivity index (χ4v) is 2.72. The van der Waals surface area contributed by atoms with Gasteiger partial charge >= 0.3 is 0 Å². The molecule has 20 heavy (non-hydrogen) atoms. The van der Waals surface area contributed by atoms with E-state index in [0.29, 0.717) is 17.3 Å². The number of aromatic nitrogens is 2. The summed E-state index contributed by atoms with van der Waals surface area (Å²) in [6, 6.07) is 1.52. The zero-order chi connectivity index (χ0) is 15.2. The third-order valence-electron chi connectivity index (χ3n) is 3.22. The molecule has 1 heterocycles. The number of aryl methyl sites for hydroxylation is 1. The number of hydrogen-bond acceptors (Lipinski definition) is 5. The molecule has 0 fully saturated rings. The minimum absolute atomic E-state index is 0.141. The van der Waals surface area contributed by atoms with Gasteiger partial charge in [-0.3, -0.25) is 9.59 Å². The average Bonchev–Trinajstić information content (AvgIpc) is 2.38. The number of rotatable bonds is 8. The van der Waals surface area contributed by atoms with Crippen LogP contribution in [0.4, 0.5) is 0 Å². The summed E-state index contributed by atoms with van der Waals surface area (Å²) >= 11 is 1.42. The van der Waals surface area contributed by atoms with Gasteiger partial charge in [0.15, 0.2) is 5.16 Å². The minimum Gasteiger partial charge on any atom is -0.368 e. The summed E-state index contributed by atoms with van der Waals surface area (Å²) in [4.78, 5) is 30.0. The largest absolute Gasteiger partial charge is 0.368 e. The maximum atomic E-state index is 11.5. The SMILES string of the molecule is CCCc1cc(=O)[nH]c(SCCC(C)(NC)C(N)=O)n1. The second-order valence-electron chi connectivity index (χ2n) is 4.84. The van der Waals surface area contributed by atoms with Gasteiger partial charge in [-0.2, -0.15) is 0 Å². The second kappa shape index (κ2) is 7.44. The third kappa shape index (κ3) is 4.64. The van der Waals surface area contributed by atoms with Crippen molar-refractivity contribution in [1.82, 2.24) is 15.3 Å². The lowest BCUT2D eigenvalue weighted by molar-refractivity contribution is -0.123. The fraction of sp³-hybridized carbons (Fsp3) is 0.615. The van der Waals surface area contributed by atoms with Crippen LogP contribution < -0.4 is 16.6 Å².